The first kappa shape index (κ1) is 25.7. The van der Waals surface area contributed by atoms with E-state index in [0.717, 1.165) is 29.7 Å². The van der Waals surface area contributed by atoms with Crippen molar-refractivity contribution < 1.29 is 17.9 Å². The first-order valence-electron chi connectivity index (χ1n) is 10.0. The van der Waals surface area contributed by atoms with Gasteiger partial charge in [-0.25, -0.2) is 13.6 Å². The molecule has 3 rings (SSSR count). The second-order valence-corrected chi connectivity index (χ2v) is 8.88. The number of sulfonamides is 1. The minimum atomic E-state index is -3.65. The molecular formula is C24H29ClN2O4S. The predicted octanol–water partition coefficient (Wildman–Crippen LogP) is 3.98. The zero-order chi connectivity index (χ0) is 22.3. The predicted molar refractivity (Wildman–Crippen MR) is 129 cm³/mol. The number of methoxy groups -OCH3 is 1. The lowest BCUT2D eigenvalue weighted by Gasteiger charge is -2.14. The van der Waals surface area contributed by atoms with Gasteiger partial charge < -0.3 is 14.8 Å². The number of hydrogen-bond donors (Lipinski definition) is 2. The van der Waals surface area contributed by atoms with Crippen LogP contribution in [0, 0.1) is 6.92 Å². The molecule has 0 spiro atoms. The van der Waals surface area contributed by atoms with E-state index >= 15 is 0 Å². The van der Waals surface area contributed by atoms with Crippen LogP contribution in [0.1, 0.15) is 22.3 Å². The number of hydrogen-bond acceptors (Lipinski definition) is 5. The van der Waals surface area contributed by atoms with Crippen LogP contribution in [-0.2, 0) is 29.6 Å². The SMILES string of the molecule is COc1cc(CNCCc2ccc(S(N)(=O)=O)cc2)ccc1OCc1ccccc1C.Cl. The number of ether oxygens (including phenoxy) is 2. The number of halogens is 1. The fourth-order valence-electron chi connectivity index (χ4n) is 3.18. The zero-order valence-electron chi connectivity index (χ0n) is 18.2. The summed E-state index contributed by atoms with van der Waals surface area (Å²) in [7, 11) is -2.01. The second kappa shape index (κ2) is 11.9. The monoisotopic (exact) mass is 476 g/mol. The summed E-state index contributed by atoms with van der Waals surface area (Å²) in [6.45, 7) is 4.00. The number of nitrogens with one attached hydrogen (secondary N) is 1. The molecule has 3 N–H and O–H groups in total. The second-order valence-electron chi connectivity index (χ2n) is 7.32. The van der Waals surface area contributed by atoms with Crippen LogP contribution in [0.15, 0.2) is 71.6 Å². The minimum Gasteiger partial charge on any atom is -0.493 e. The van der Waals surface area contributed by atoms with E-state index in [1.165, 1.54) is 17.7 Å². The van der Waals surface area contributed by atoms with Crippen LogP contribution in [0.2, 0.25) is 0 Å². The molecular weight excluding hydrogens is 448 g/mol. The summed E-state index contributed by atoms with van der Waals surface area (Å²) in [5, 5.41) is 8.51. The van der Waals surface area contributed by atoms with Gasteiger partial charge in [0.05, 0.1) is 12.0 Å². The van der Waals surface area contributed by atoms with Crippen molar-refractivity contribution in [2.45, 2.75) is 31.4 Å². The molecule has 0 bridgehead atoms. The van der Waals surface area contributed by atoms with Crippen molar-refractivity contribution in [1.82, 2.24) is 5.32 Å². The lowest BCUT2D eigenvalue weighted by Crippen LogP contribution is -2.17. The average Bonchev–Trinajstić information content (AvgIpc) is 2.76. The van der Waals surface area contributed by atoms with Gasteiger partial charge in [-0.2, -0.15) is 0 Å². The third-order valence-electron chi connectivity index (χ3n) is 5.04. The fourth-order valence-corrected chi connectivity index (χ4v) is 3.70. The molecule has 0 aliphatic carbocycles. The fraction of sp³-hybridized carbons (Fsp3) is 0.250. The number of aryl methyl sites for hydroxylation is 1. The van der Waals surface area contributed by atoms with E-state index in [4.69, 9.17) is 14.6 Å². The molecule has 8 heteroatoms. The molecule has 0 saturated carbocycles. The summed E-state index contributed by atoms with van der Waals surface area (Å²) in [6.07, 6.45) is 0.777. The van der Waals surface area contributed by atoms with E-state index in [1.807, 2.05) is 30.3 Å². The molecule has 6 nitrogen and oxygen atoms in total. The van der Waals surface area contributed by atoms with E-state index in [1.54, 1.807) is 19.2 Å². The molecule has 0 aliphatic rings. The van der Waals surface area contributed by atoms with Crippen LogP contribution in [0.25, 0.3) is 0 Å². The molecule has 0 aliphatic heterocycles. The van der Waals surface area contributed by atoms with Crippen molar-refractivity contribution in [2.24, 2.45) is 5.14 Å². The van der Waals surface area contributed by atoms with Crippen LogP contribution in [-0.4, -0.2) is 22.1 Å². The first-order valence-corrected chi connectivity index (χ1v) is 11.6. The highest BCUT2D eigenvalue weighted by Gasteiger charge is 2.08. The summed E-state index contributed by atoms with van der Waals surface area (Å²) in [6, 6.07) is 20.7. The Bertz CT molecular complexity index is 1120. The number of primary sulfonamides is 1. The van der Waals surface area contributed by atoms with Gasteiger partial charge >= 0.3 is 0 Å². The third-order valence-corrected chi connectivity index (χ3v) is 5.97. The molecule has 0 fully saturated rings. The maximum atomic E-state index is 11.3. The van der Waals surface area contributed by atoms with Crippen molar-refractivity contribution in [1.29, 1.82) is 0 Å². The number of nitrogens with two attached hydrogens (primary N) is 1. The molecule has 0 saturated heterocycles. The summed E-state index contributed by atoms with van der Waals surface area (Å²) < 4.78 is 34.1. The quantitative estimate of drug-likeness (QED) is 0.432. The van der Waals surface area contributed by atoms with Crippen LogP contribution < -0.4 is 19.9 Å². The van der Waals surface area contributed by atoms with Gasteiger partial charge in [-0.3, -0.25) is 0 Å². The van der Waals surface area contributed by atoms with Crippen molar-refractivity contribution in [3.05, 3.63) is 89.0 Å². The highest BCUT2D eigenvalue weighted by atomic mass is 35.5. The summed E-state index contributed by atoms with van der Waals surface area (Å²) in [5.74, 6) is 1.41. The van der Waals surface area contributed by atoms with Crippen molar-refractivity contribution in [3.8, 4) is 11.5 Å². The van der Waals surface area contributed by atoms with Gasteiger partial charge in [0, 0.05) is 6.54 Å². The van der Waals surface area contributed by atoms with Gasteiger partial charge in [0.1, 0.15) is 6.61 Å². The van der Waals surface area contributed by atoms with Gasteiger partial charge in [-0.1, -0.05) is 42.5 Å². The van der Waals surface area contributed by atoms with Crippen molar-refractivity contribution in [3.63, 3.8) is 0 Å². The Kier molecular flexibility index (Phi) is 9.53. The summed E-state index contributed by atoms with van der Waals surface area (Å²) in [5.41, 5.74) is 4.47. The molecule has 0 unspecified atom stereocenters. The van der Waals surface area contributed by atoms with Gasteiger partial charge in [0.2, 0.25) is 10.0 Å². The molecule has 0 radical (unpaired) electrons. The molecule has 3 aromatic carbocycles. The van der Waals surface area contributed by atoms with Crippen LogP contribution in [0.4, 0.5) is 0 Å². The van der Waals surface area contributed by atoms with Crippen LogP contribution in [0.3, 0.4) is 0 Å². The minimum absolute atomic E-state index is 0. The maximum Gasteiger partial charge on any atom is 0.238 e. The standard InChI is InChI=1S/C24H28N2O4S.ClH/c1-18-5-3-4-6-21(18)17-30-23-12-9-20(15-24(23)29-2)16-26-14-13-19-7-10-22(11-8-19)31(25,27)28;/h3-12,15,26H,13-14,16-17H2,1-2H3,(H2,25,27,28);1H. The zero-order valence-corrected chi connectivity index (χ0v) is 19.8. The van der Waals surface area contributed by atoms with Crippen molar-refractivity contribution in [2.75, 3.05) is 13.7 Å². The van der Waals surface area contributed by atoms with E-state index in [9.17, 15) is 8.42 Å². The Balaban J connectivity index is 0.00000363. The molecule has 172 valence electrons. The average molecular weight is 477 g/mol. The Hall–Kier alpha value is -2.58. The molecule has 32 heavy (non-hydrogen) atoms. The molecule has 3 aromatic rings. The lowest BCUT2D eigenvalue weighted by molar-refractivity contribution is 0.283. The number of benzene rings is 3. The summed E-state index contributed by atoms with van der Waals surface area (Å²) in [4.78, 5) is 0.126. The normalized spacial score (nSPS) is 11.0. The van der Waals surface area contributed by atoms with E-state index in [0.29, 0.717) is 24.7 Å². The van der Waals surface area contributed by atoms with Crippen molar-refractivity contribution >= 4 is 22.4 Å². The van der Waals surface area contributed by atoms with Crippen LogP contribution >= 0.6 is 12.4 Å². The Morgan fingerprint density at radius 2 is 1.62 bits per heavy atom. The largest absolute Gasteiger partial charge is 0.493 e. The number of rotatable bonds is 10. The van der Waals surface area contributed by atoms with E-state index in [2.05, 4.69) is 24.4 Å². The smallest absolute Gasteiger partial charge is 0.238 e. The maximum absolute atomic E-state index is 11.3. The topological polar surface area (TPSA) is 90.6 Å². The Morgan fingerprint density at radius 3 is 2.28 bits per heavy atom. The molecule has 0 atom stereocenters. The van der Waals surface area contributed by atoms with E-state index in [-0.39, 0.29) is 17.3 Å². The van der Waals surface area contributed by atoms with Gasteiger partial charge in [-0.05, 0) is 66.4 Å². The Morgan fingerprint density at radius 1 is 0.938 bits per heavy atom. The molecule has 0 amide bonds. The van der Waals surface area contributed by atoms with Gasteiger partial charge in [0.15, 0.2) is 11.5 Å². The lowest BCUT2D eigenvalue weighted by atomic mass is 10.1. The van der Waals surface area contributed by atoms with E-state index < -0.39 is 10.0 Å². The molecule has 0 heterocycles. The third kappa shape index (κ3) is 7.24. The van der Waals surface area contributed by atoms with Crippen LogP contribution in [0.5, 0.6) is 11.5 Å². The van der Waals surface area contributed by atoms with Gasteiger partial charge in [-0.15, -0.1) is 12.4 Å². The Labute approximate surface area is 196 Å². The first-order chi connectivity index (χ1) is 14.9. The highest BCUT2D eigenvalue weighted by molar-refractivity contribution is 7.89. The highest BCUT2D eigenvalue weighted by Crippen LogP contribution is 2.29. The van der Waals surface area contributed by atoms with Gasteiger partial charge in [0.25, 0.3) is 0 Å². The summed E-state index contributed by atoms with van der Waals surface area (Å²) >= 11 is 0. The molecule has 0 aromatic heterocycles.